The Morgan fingerprint density at radius 1 is 1.17 bits per heavy atom. The number of para-hydroxylation sites is 1. The minimum Gasteiger partial charge on any atom is -0.487 e. The zero-order valence-corrected chi connectivity index (χ0v) is 10.2. The lowest BCUT2D eigenvalue weighted by molar-refractivity contribution is -0.140. The third-order valence-corrected chi connectivity index (χ3v) is 3.21. The molecule has 2 nitrogen and oxygen atoms in total. The van der Waals surface area contributed by atoms with Crippen LogP contribution in [0, 0.1) is 0 Å². The quantitative estimate of drug-likeness (QED) is 0.880. The molecule has 1 fully saturated rings. The maximum absolute atomic E-state index is 12.8. The van der Waals surface area contributed by atoms with Gasteiger partial charge in [0.05, 0.1) is 5.56 Å². The topological polar surface area (TPSA) is 21.3 Å². The van der Waals surface area contributed by atoms with E-state index < -0.39 is 17.3 Å². The molecule has 0 unspecified atom stereocenters. The Balaban J connectivity index is 2.23. The average molecular weight is 259 g/mol. The van der Waals surface area contributed by atoms with Crippen LogP contribution in [0.15, 0.2) is 24.3 Å². The van der Waals surface area contributed by atoms with Crippen LogP contribution < -0.4 is 10.1 Å². The fraction of sp³-hybridized carbons (Fsp3) is 0.538. The molecule has 0 aromatic heterocycles. The van der Waals surface area contributed by atoms with Crippen LogP contribution in [0.3, 0.4) is 0 Å². The molecular formula is C13H16F3NO. The predicted molar refractivity (Wildman–Crippen MR) is 62.6 cm³/mol. The highest BCUT2D eigenvalue weighted by molar-refractivity contribution is 5.36. The van der Waals surface area contributed by atoms with Gasteiger partial charge in [-0.2, -0.15) is 13.2 Å². The SMILES string of the molecule is CC1(Oc2ccccc2C(F)(F)F)CCNCC1. The molecule has 0 radical (unpaired) electrons. The number of benzene rings is 1. The van der Waals surface area contributed by atoms with Crippen molar-refractivity contribution in [2.45, 2.75) is 31.5 Å². The summed E-state index contributed by atoms with van der Waals surface area (Å²) in [6, 6.07) is 5.38. The number of nitrogens with one attached hydrogen (secondary N) is 1. The summed E-state index contributed by atoms with van der Waals surface area (Å²) in [5.74, 6) is -0.0746. The van der Waals surface area contributed by atoms with Crippen LogP contribution in [0.1, 0.15) is 25.3 Å². The number of hydrogen-bond donors (Lipinski definition) is 1. The minimum absolute atomic E-state index is 0.0746. The Morgan fingerprint density at radius 2 is 1.78 bits per heavy atom. The van der Waals surface area contributed by atoms with Gasteiger partial charge in [0.2, 0.25) is 0 Å². The van der Waals surface area contributed by atoms with Crippen molar-refractivity contribution in [2.24, 2.45) is 0 Å². The molecule has 0 aliphatic carbocycles. The molecule has 1 aliphatic rings. The van der Waals surface area contributed by atoms with E-state index in [-0.39, 0.29) is 5.75 Å². The van der Waals surface area contributed by atoms with Gasteiger partial charge in [-0.05, 0) is 45.0 Å². The number of ether oxygens (including phenoxy) is 1. The van der Waals surface area contributed by atoms with E-state index in [0.717, 1.165) is 19.2 Å². The third kappa shape index (κ3) is 2.96. The summed E-state index contributed by atoms with van der Waals surface area (Å²) < 4.78 is 44.1. The van der Waals surface area contributed by atoms with Crippen molar-refractivity contribution in [3.05, 3.63) is 29.8 Å². The van der Waals surface area contributed by atoms with Gasteiger partial charge < -0.3 is 10.1 Å². The highest BCUT2D eigenvalue weighted by Crippen LogP contribution is 2.38. The normalized spacial score (nSPS) is 19.6. The fourth-order valence-electron chi connectivity index (χ4n) is 2.11. The number of hydrogen-bond acceptors (Lipinski definition) is 2. The van der Waals surface area contributed by atoms with Crippen LogP contribution in [0.4, 0.5) is 13.2 Å². The van der Waals surface area contributed by atoms with Gasteiger partial charge in [-0.1, -0.05) is 12.1 Å². The van der Waals surface area contributed by atoms with Crippen LogP contribution >= 0.6 is 0 Å². The summed E-state index contributed by atoms with van der Waals surface area (Å²) in [6.45, 7) is 3.40. The molecule has 2 rings (SSSR count). The highest BCUT2D eigenvalue weighted by atomic mass is 19.4. The van der Waals surface area contributed by atoms with Crippen LogP contribution in [0.5, 0.6) is 5.75 Å². The van der Waals surface area contributed by atoms with E-state index in [9.17, 15) is 13.2 Å². The van der Waals surface area contributed by atoms with Gasteiger partial charge in [0.15, 0.2) is 0 Å². The van der Waals surface area contributed by atoms with E-state index >= 15 is 0 Å². The highest BCUT2D eigenvalue weighted by Gasteiger charge is 2.37. The Morgan fingerprint density at radius 3 is 2.39 bits per heavy atom. The average Bonchev–Trinajstić information content (AvgIpc) is 2.28. The lowest BCUT2D eigenvalue weighted by atomic mass is 9.94. The molecule has 0 saturated carbocycles. The zero-order valence-electron chi connectivity index (χ0n) is 10.2. The first-order valence-corrected chi connectivity index (χ1v) is 5.97. The van der Waals surface area contributed by atoms with Gasteiger partial charge in [0.25, 0.3) is 0 Å². The molecule has 0 spiro atoms. The molecule has 0 atom stereocenters. The number of halogens is 3. The van der Waals surface area contributed by atoms with Gasteiger partial charge in [0, 0.05) is 0 Å². The Labute approximate surface area is 104 Å². The van der Waals surface area contributed by atoms with E-state index in [1.807, 2.05) is 6.92 Å². The summed E-state index contributed by atoms with van der Waals surface area (Å²) in [6.07, 6.45) is -2.96. The number of piperidine rings is 1. The van der Waals surface area contributed by atoms with Gasteiger partial charge in [-0.3, -0.25) is 0 Å². The summed E-state index contributed by atoms with van der Waals surface area (Å²) in [5.41, 5.74) is -1.23. The van der Waals surface area contributed by atoms with Crippen molar-refractivity contribution in [2.75, 3.05) is 13.1 Å². The van der Waals surface area contributed by atoms with Crippen molar-refractivity contribution in [1.82, 2.24) is 5.32 Å². The molecule has 18 heavy (non-hydrogen) atoms. The molecule has 5 heteroatoms. The summed E-state index contributed by atoms with van der Waals surface area (Å²) in [4.78, 5) is 0. The van der Waals surface area contributed by atoms with Crippen LogP contribution in [-0.2, 0) is 6.18 Å². The summed E-state index contributed by atoms with van der Waals surface area (Å²) >= 11 is 0. The standard InChI is InChI=1S/C13H16F3NO/c1-12(6-8-17-9-7-12)18-11-5-3-2-4-10(11)13(14,15)16/h2-5,17H,6-9H2,1H3. The van der Waals surface area contributed by atoms with Crippen molar-refractivity contribution in [3.8, 4) is 5.75 Å². The summed E-state index contributed by atoms with van der Waals surface area (Å²) in [5, 5.41) is 3.17. The number of alkyl halides is 3. The Bertz CT molecular complexity index is 411. The second-order valence-corrected chi connectivity index (χ2v) is 4.80. The second-order valence-electron chi connectivity index (χ2n) is 4.80. The first-order valence-electron chi connectivity index (χ1n) is 5.97. The molecule has 1 N–H and O–H groups in total. The molecule has 1 aromatic carbocycles. The first-order chi connectivity index (χ1) is 8.41. The van der Waals surface area contributed by atoms with Crippen molar-refractivity contribution < 1.29 is 17.9 Å². The smallest absolute Gasteiger partial charge is 0.419 e. The Hall–Kier alpha value is -1.23. The molecular weight excluding hydrogens is 243 g/mol. The summed E-state index contributed by atoms with van der Waals surface area (Å²) in [7, 11) is 0. The van der Waals surface area contributed by atoms with Crippen molar-refractivity contribution >= 4 is 0 Å². The van der Waals surface area contributed by atoms with Crippen molar-refractivity contribution in [3.63, 3.8) is 0 Å². The van der Waals surface area contributed by atoms with E-state index in [1.54, 1.807) is 6.07 Å². The molecule has 1 aromatic rings. The van der Waals surface area contributed by atoms with Gasteiger partial charge in [-0.25, -0.2) is 0 Å². The molecule has 100 valence electrons. The third-order valence-electron chi connectivity index (χ3n) is 3.21. The maximum Gasteiger partial charge on any atom is 0.419 e. The lowest BCUT2D eigenvalue weighted by Crippen LogP contribution is -2.44. The first kappa shape index (κ1) is 13.2. The van der Waals surface area contributed by atoms with E-state index in [2.05, 4.69) is 5.32 Å². The Kier molecular flexibility index (Phi) is 3.52. The van der Waals surface area contributed by atoms with Gasteiger partial charge >= 0.3 is 6.18 Å². The molecule has 1 aliphatic heterocycles. The van der Waals surface area contributed by atoms with E-state index in [0.29, 0.717) is 12.8 Å². The van der Waals surface area contributed by atoms with Crippen LogP contribution in [-0.4, -0.2) is 18.7 Å². The zero-order chi connectivity index (χ0) is 13.2. The lowest BCUT2D eigenvalue weighted by Gasteiger charge is -2.35. The maximum atomic E-state index is 12.8. The molecule has 1 saturated heterocycles. The largest absolute Gasteiger partial charge is 0.487 e. The van der Waals surface area contributed by atoms with E-state index in [4.69, 9.17) is 4.74 Å². The monoisotopic (exact) mass is 259 g/mol. The predicted octanol–water partition coefficient (Wildman–Crippen LogP) is 3.23. The molecule has 1 heterocycles. The van der Waals surface area contributed by atoms with E-state index in [1.165, 1.54) is 12.1 Å². The van der Waals surface area contributed by atoms with Crippen LogP contribution in [0.25, 0.3) is 0 Å². The molecule has 0 amide bonds. The van der Waals surface area contributed by atoms with Gasteiger partial charge in [0.1, 0.15) is 11.4 Å². The van der Waals surface area contributed by atoms with Crippen LogP contribution in [0.2, 0.25) is 0 Å². The minimum atomic E-state index is -4.38. The molecule has 0 bridgehead atoms. The van der Waals surface area contributed by atoms with Crippen molar-refractivity contribution in [1.29, 1.82) is 0 Å². The second kappa shape index (κ2) is 4.80. The number of rotatable bonds is 2. The fourth-order valence-corrected chi connectivity index (χ4v) is 2.11. The van der Waals surface area contributed by atoms with Gasteiger partial charge in [-0.15, -0.1) is 0 Å².